The maximum Gasteiger partial charge on any atom is 0.408 e. The lowest BCUT2D eigenvalue weighted by Gasteiger charge is -2.42. The maximum atomic E-state index is 12.8. The summed E-state index contributed by atoms with van der Waals surface area (Å²) < 4.78 is 28.9. The van der Waals surface area contributed by atoms with Gasteiger partial charge in [-0.2, -0.15) is 0 Å². The van der Waals surface area contributed by atoms with Crippen LogP contribution in [-0.2, 0) is 28.5 Å². The van der Waals surface area contributed by atoms with Crippen molar-refractivity contribution in [2.75, 3.05) is 34.4 Å². The van der Waals surface area contributed by atoms with Gasteiger partial charge >= 0.3 is 12.1 Å². The van der Waals surface area contributed by atoms with Crippen LogP contribution in [0.4, 0.5) is 4.79 Å². The van der Waals surface area contributed by atoms with Crippen LogP contribution in [0.3, 0.4) is 0 Å². The number of carbonyl (C=O) groups is 2. The number of rotatable bonds is 13. The lowest BCUT2D eigenvalue weighted by Crippen LogP contribution is -2.56. The molecule has 3 fully saturated rings. The van der Waals surface area contributed by atoms with E-state index in [0.717, 1.165) is 38.6 Å². The first-order chi connectivity index (χ1) is 16.2. The third kappa shape index (κ3) is 6.22. The molecule has 4 unspecified atom stereocenters. The summed E-state index contributed by atoms with van der Waals surface area (Å²) in [5.74, 6) is 0.125. The number of esters is 1. The zero-order valence-corrected chi connectivity index (χ0v) is 21.7. The highest BCUT2D eigenvalue weighted by Gasteiger charge is 2.72. The van der Waals surface area contributed by atoms with Crippen LogP contribution < -0.4 is 10.6 Å². The Morgan fingerprint density at radius 1 is 1.18 bits per heavy atom. The number of epoxide rings is 2. The van der Waals surface area contributed by atoms with Crippen LogP contribution in [0.2, 0.25) is 0 Å². The Morgan fingerprint density at radius 3 is 2.50 bits per heavy atom. The number of ether oxygens (including phenoxy) is 5. The van der Waals surface area contributed by atoms with Crippen molar-refractivity contribution in [1.82, 2.24) is 10.6 Å². The second-order valence-electron chi connectivity index (χ2n) is 10.6. The Bertz CT molecular complexity index is 699. The average Bonchev–Trinajstić information content (AvgIpc) is 3.72. The summed E-state index contributed by atoms with van der Waals surface area (Å²) in [7, 11) is 4.86. The Labute approximate surface area is 203 Å². The summed E-state index contributed by atoms with van der Waals surface area (Å²) in [5.41, 5.74) is -0.618. The van der Waals surface area contributed by atoms with Crippen LogP contribution in [0.15, 0.2) is 0 Å². The second kappa shape index (κ2) is 11.5. The topological polar surface area (TPSA) is 111 Å². The summed E-state index contributed by atoms with van der Waals surface area (Å²) in [6.07, 6.45) is 4.44. The number of alkyl carbamates (subject to hydrolysis) is 1. The van der Waals surface area contributed by atoms with Crippen LogP contribution in [-0.4, -0.2) is 82.0 Å². The molecule has 1 spiro atoms. The molecule has 0 radical (unpaired) electrons. The van der Waals surface area contributed by atoms with Crippen molar-refractivity contribution >= 4 is 12.1 Å². The Hall–Kier alpha value is -1.42. The minimum Gasteiger partial charge on any atom is -0.467 e. The number of hydrogen-bond acceptors (Lipinski definition) is 8. The molecule has 0 aromatic heterocycles. The van der Waals surface area contributed by atoms with E-state index in [0.29, 0.717) is 25.4 Å². The van der Waals surface area contributed by atoms with E-state index in [1.807, 2.05) is 7.05 Å². The standard InChI is InChI=1S/C25H44N2O7/c1-16(2)10-11-19-24(3,34-19)21-20(30-5)18(12-13-25(21)15-32-25)33-23(29)27-17(22(28)31-6)9-7-8-14-26-4/h16-21,26H,7-15H2,1-6H3,(H,27,29)/t17?,18?,19-,20?,21?,24-,25+/m1/s1. The molecule has 196 valence electrons. The van der Waals surface area contributed by atoms with E-state index in [-0.39, 0.29) is 29.3 Å². The van der Waals surface area contributed by atoms with Crippen molar-refractivity contribution in [3.8, 4) is 0 Å². The fraction of sp³-hybridized carbons (Fsp3) is 0.920. The van der Waals surface area contributed by atoms with Crippen LogP contribution in [0.1, 0.15) is 65.7 Å². The van der Waals surface area contributed by atoms with Gasteiger partial charge in [0.1, 0.15) is 29.5 Å². The molecule has 3 aliphatic rings. The van der Waals surface area contributed by atoms with Crippen LogP contribution in [0.5, 0.6) is 0 Å². The Kier molecular flexibility index (Phi) is 9.23. The van der Waals surface area contributed by atoms with Gasteiger partial charge in [0, 0.05) is 7.11 Å². The maximum absolute atomic E-state index is 12.8. The second-order valence-corrected chi connectivity index (χ2v) is 10.6. The predicted octanol–water partition coefficient (Wildman–Crippen LogP) is 2.80. The molecule has 9 heteroatoms. The molecule has 2 N–H and O–H groups in total. The monoisotopic (exact) mass is 484 g/mol. The van der Waals surface area contributed by atoms with Gasteiger partial charge in [-0.25, -0.2) is 9.59 Å². The normalized spacial score (nSPS) is 35.1. The number of methoxy groups -OCH3 is 2. The average molecular weight is 485 g/mol. The van der Waals surface area contributed by atoms with Gasteiger partial charge in [-0.15, -0.1) is 0 Å². The van der Waals surface area contributed by atoms with Gasteiger partial charge in [0.05, 0.1) is 25.7 Å². The predicted molar refractivity (Wildman–Crippen MR) is 127 cm³/mol. The minimum absolute atomic E-state index is 0.0216. The van der Waals surface area contributed by atoms with E-state index >= 15 is 0 Å². The van der Waals surface area contributed by atoms with Crippen molar-refractivity contribution in [3.05, 3.63) is 0 Å². The number of unbranched alkanes of at least 4 members (excludes halogenated alkanes) is 1. The molecular formula is C25H44N2O7. The van der Waals surface area contributed by atoms with Gasteiger partial charge in [-0.1, -0.05) is 13.8 Å². The summed E-state index contributed by atoms with van der Waals surface area (Å²) in [6.45, 7) is 8.10. The molecule has 1 saturated carbocycles. The molecule has 1 amide bonds. The van der Waals surface area contributed by atoms with Crippen molar-refractivity contribution in [2.45, 2.75) is 101 Å². The van der Waals surface area contributed by atoms with E-state index in [4.69, 9.17) is 23.7 Å². The lowest BCUT2D eigenvalue weighted by atomic mass is 9.68. The first-order valence-corrected chi connectivity index (χ1v) is 12.7. The smallest absolute Gasteiger partial charge is 0.408 e. The molecule has 0 aromatic carbocycles. The van der Waals surface area contributed by atoms with E-state index in [9.17, 15) is 9.59 Å². The third-order valence-electron chi connectivity index (χ3n) is 7.71. The molecule has 9 nitrogen and oxygen atoms in total. The van der Waals surface area contributed by atoms with Gasteiger partial charge in [0.15, 0.2) is 0 Å². The molecule has 0 bridgehead atoms. The van der Waals surface area contributed by atoms with Gasteiger partial charge in [0.2, 0.25) is 0 Å². The summed E-state index contributed by atoms with van der Waals surface area (Å²) in [6, 6.07) is -0.738. The fourth-order valence-electron chi connectivity index (χ4n) is 5.63. The molecule has 2 aliphatic heterocycles. The van der Waals surface area contributed by atoms with E-state index in [2.05, 4.69) is 31.4 Å². The molecule has 0 aromatic rings. The molecule has 2 heterocycles. The first kappa shape index (κ1) is 27.2. The number of nitrogens with one attached hydrogen (secondary N) is 2. The number of amides is 1. The van der Waals surface area contributed by atoms with E-state index in [1.165, 1.54) is 7.11 Å². The van der Waals surface area contributed by atoms with Crippen molar-refractivity contribution < 1.29 is 33.3 Å². The SMILES string of the molecule is CNCCCCC(NC(=O)OC1CC[C@]2(CO2)C([C@]2(C)O[C@@H]2CCC(C)C)C1OC)C(=O)OC. The largest absolute Gasteiger partial charge is 0.467 e. The zero-order chi connectivity index (χ0) is 24.9. The zero-order valence-electron chi connectivity index (χ0n) is 21.7. The number of hydrogen-bond donors (Lipinski definition) is 2. The molecule has 7 atom stereocenters. The van der Waals surface area contributed by atoms with Crippen molar-refractivity contribution in [2.24, 2.45) is 11.8 Å². The first-order valence-electron chi connectivity index (χ1n) is 12.7. The highest BCUT2D eigenvalue weighted by Crippen LogP contribution is 2.59. The van der Waals surface area contributed by atoms with E-state index in [1.54, 1.807) is 7.11 Å². The van der Waals surface area contributed by atoms with Gasteiger partial charge < -0.3 is 34.3 Å². The van der Waals surface area contributed by atoms with Crippen LogP contribution >= 0.6 is 0 Å². The Balaban J connectivity index is 1.62. The summed E-state index contributed by atoms with van der Waals surface area (Å²) in [4.78, 5) is 25.0. The molecular weight excluding hydrogens is 440 g/mol. The molecule has 34 heavy (non-hydrogen) atoms. The van der Waals surface area contributed by atoms with Crippen molar-refractivity contribution in [1.29, 1.82) is 0 Å². The molecule has 1 aliphatic carbocycles. The van der Waals surface area contributed by atoms with E-state index < -0.39 is 24.2 Å². The highest BCUT2D eigenvalue weighted by atomic mass is 16.6. The lowest BCUT2D eigenvalue weighted by molar-refractivity contribution is -0.143. The van der Waals surface area contributed by atoms with Crippen LogP contribution in [0.25, 0.3) is 0 Å². The van der Waals surface area contributed by atoms with Crippen LogP contribution in [0, 0.1) is 11.8 Å². The molecule has 3 rings (SSSR count). The fourth-order valence-corrected chi connectivity index (χ4v) is 5.63. The quantitative estimate of drug-likeness (QED) is 0.233. The molecule has 2 saturated heterocycles. The highest BCUT2D eigenvalue weighted by molar-refractivity contribution is 5.81. The third-order valence-corrected chi connectivity index (χ3v) is 7.71. The summed E-state index contributed by atoms with van der Waals surface area (Å²) in [5, 5.41) is 5.79. The van der Waals surface area contributed by atoms with Crippen molar-refractivity contribution in [3.63, 3.8) is 0 Å². The Morgan fingerprint density at radius 2 is 1.91 bits per heavy atom. The van der Waals surface area contributed by atoms with Gasteiger partial charge in [0.25, 0.3) is 0 Å². The van der Waals surface area contributed by atoms with Gasteiger partial charge in [-0.3, -0.25) is 0 Å². The minimum atomic E-state index is -0.738. The summed E-state index contributed by atoms with van der Waals surface area (Å²) >= 11 is 0. The van der Waals surface area contributed by atoms with Gasteiger partial charge in [-0.05, 0) is 71.4 Å². The number of carbonyl (C=O) groups excluding carboxylic acids is 2.